The molecular formula is C13H28N2O2P+. The van der Waals surface area contributed by atoms with E-state index in [-0.39, 0.29) is 0 Å². The summed E-state index contributed by atoms with van der Waals surface area (Å²) in [5, 5.41) is 8.53. The maximum atomic E-state index is 10.5. The fourth-order valence-electron chi connectivity index (χ4n) is 2.29. The van der Waals surface area contributed by atoms with Crippen LogP contribution in [-0.4, -0.2) is 34.4 Å². The van der Waals surface area contributed by atoms with Gasteiger partial charge in [-0.1, -0.05) is 13.3 Å². The van der Waals surface area contributed by atoms with Gasteiger partial charge in [0.1, 0.15) is 0 Å². The smallest absolute Gasteiger partial charge is 0.303 e. The molecule has 5 heteroatoms. The molecule has 0 aromatic rings. The Balaban J connectivity index is 4.86. The number of hydrogen-bond acceptors (Lipinski definition) is 3. The van der Waals surface area contributed by atoms with Crippen molar-refractivity contribution in [3.05, 3.63) is 0 Å². The molecule has 0 rings (SSSR count). The van der Waals surface area contributed by atoms with E-state index in [4.69, 9.17) is 9.79 Å². The van der Waals surface area contributed by atoms with E-state index >= 15 is 0 Å². The fourth-order valence-corrected chi connectivity index (χ4v) is 3.86. The number of unbranched alkanes of at least 4 members (excludes halogenated alkanes) is 1. The molecule has 0 aliphatic rings. The minimum Gasteiger partial charge on any atom is -0.303 e. The Labute approximate surface area is 113 Å². The molecule has 0 aliphatic carbocycles. The third-order valence-electron chi connectivity index (χ3n) is 3.40. The monoisotopic (exact) mass is 275 g/mol. The highest BCUT2D eigenvalue weighted by atomic mass is 31.2. The summed E-state index contributed by atoms with van der Waals surface area (Å²) in [5.41, 5.74) is 0. The quantitative estimate of drug-likeness (QED) is 0.517. The van der Waals surface area contributed by atoms with Gasteiger partial charge < -0.3 is 4.89 Å². The van der Waals surface area contributed by atoms with E-state index in [9.17, 15) is 4.89 Å². The van der Waals surface area contributed by atoms with Gasteiger partial charge in [0.15, 0.2) is 0 Å². The Morgan fingerprint density at radius 3 is 2.22 bits per heavy atom. The highest BCUT2D eigenvalue weighted by Crippen LogP contribution is 2.49. The highest BCUT2D eigenvalue weighted by Gasteiger charge is 2.44. The van der Waals surface area contributed by atoms with Crippen molar-refractivity contribution in [3.63, 3.8) is 0 Å². The Bertz CT molecular complexity index is 256. The van der Waals surface area contributed by atoms with Gasteiger partial charge in [0, 0.05) is 0 Å². The molecule has 4 nitrogen and oxygen atoms in total. The van der Waals surface area contributed by atoms with E-state index in [1.807, 2.05) is 6.07 Å². The molecule has 1 unspecified atom stereocenters. The number of nitrogens with zero attached hydrogens (tertiary/aromatic N) is 2. The van der Waals surface area contributed by atoms with Crippen molar-refractivity contribution in [2.24, 2.45) is 0 Å². The molecule has 0 aromatic heterocycles. The number of rotatable bonds is 9. The van der Waals surface area contributed by atoms with Gasteiger partial charge in [-0.25, -0.2) is 0 Å². The van der Waals surface area contributed by atoms with Crippen LogP contribution in [0.25, 0.3) is 0 Å². The lowest BCUT2D eigenvalue weighted by Crippen LogP contribution is -2.54. The molecule has 0 amide bonds. The van der Waals surface area contributed by atoms with Gasteiger partial charge in [-0.3, -0.25) is 8.78 Å². The molecule has 18 heavy (non-hydrogen) atoms. The zero-order chi connectivity index (χ0) is 14.2. The lowest BCUT2D eigenvalue weighted by molar-refractivity contribution is -0.862. The molecule has 106 valence electrons. The average Bonchev–Trinajstić information content (AvgIpc) is 2.29. The van der Waals surface area contributed by atoms with Crippen molar-refractivity contribution >= 4 is 8.53 Å². The largest absolute Gasteiger partial charge is 0.416 e. The van der Waals surface area contributed by atoms with E-state index < -0.39 is 8.53 Å². The van der Waals surface area contributed by atoms with Gasteiger partial charge in [0.25, 0.3) is 0 Å². The minimum atomic E-state index is -1.54. The molecule has 0 spiro atoms. The first kappa shape index (κ1) is 17.8. The van der Waals surface area contributed by atoms with E-state index in [2.05, 4.69) is 34.6 Å². The number of nitriles is 1. The molecule has 0 aliphatic heterocycles. The Hall–Kier alpha value is -0.200. The van der Waals surface area contributed by atoms with Crippen molar-refractivity contribution < 1.29 is 13.7 Å². The molecule has 1 N–H and O–H groups in total. The SMILES string of the molecule is CCCC[N+](C(C)C)(C(C)C)P(O)OCCC#N. The normalized spacial score (nSPS) is 13.9. The molecule has 0 heterocycles. The van der Waals surface area contributed by atoms with Crippen LogP contribution in [-0.2, 0) is 4.52 Å². The van der Waals surface area contributed by atoms with E-state index in [1.54, 1.807) is 0 Å². The molecule has 0 radical (unpaired) electrons. The zero-order valence-corrected chi connectivity index (χ0v) is 13.3. The molecule has 1 atom stereocenters. The second kappa shape index (κ2) is 8.82. The van der Waals surface area contributed by atoms with Crippen LogP contribution in [0.4, 0.5) is 0 Å². The Morgan fingerprint density at radius 2 is 1.83 bits per heavy atom. The Morgan fingerprint density at radius 1 is 1.28 bits per heavy atom. The van der Waals surface area contributed by atoms with E-state index in [1.165, 1.54) is 0 Å². The lowest BCUT2D eigenvalue weighted by atomic mass is 10.2. The van der Waals surface area contributed by atoms with Gasteiger partial charge in [-0.05, 0) is 34.1 Å². The molecular weight excluding hydrogens is 247 g/mol. The van der Waals surface area contributed by atoms with Crippen LogP contribution >= 0.6 is 8.53 Å². The predicted molar refractivity (Wildman–Crippen MR) is 75.6 cm³/mol. The first-order valence-electron chi connectivity index (χ1n) is 6.80. The molecule has 0 bridgehead atoms. The second-order valence-corrected chi connectivity index (χ2v) is 6.65. The van der Waals surface area contributed by atoms with Crippen LogP contribution in [0.3, 0.4) is 0 Å². The van der Waals surface area contributed by atoms with Crippen LogP contribution in [0, 0.1) is 11.3 Å². The first-order valence-corrected chi connectivity index (χ1v) is 7.96. The Kier molecular flexibility index (Phi) is 8.73. The summed E-state index contributed by atoms with van der Waals surface area (Å²) < 4.78 is 6.14. The summed E-state index contributed by atoms with van der Waals surface area (Å²) in [6.07, 6.45) is 2.53. The molecule has 0 aromatic carbocycles. The summed E-state index contributed by atoms with van der Waals surface area (Å²) in [7, 11) is -1.54. The van der Waals surface area contributed by atoms with Crippen molar-refractivity contribution in [2.45, 2.75) is 66.0 Å². The van der Waals surface area contributed by atoms with Crippen molar-refractivity contribution in [2.75, 3.05) is 13.2 Å². The summed E-state index contributed by atoms with van der Waals surface area (Å²) in [6, 6.07) is 2.67. The molecule has 0 fully saturated rings. The standard InChI is InChI=1S/C13H28N2O2P/c1-6-7-10-15(12(2)3,13(4)5)18(16)17-11-8-9-14/h12-13,16H,6-8,10-11H2,1-5H3/q+1. The number of hydrogen-bond donors (Lipinski definition) is 1. The maximum absolute atomic E-state index is 10.5. The number of quaternary nitrogens is 1. The first-order chi connectivity index (χ1) is 8.43. The summed E-state index contributed by atoms with van der Waals surface area (Å²) in [5.74, 6) is 0. The summed E-state index contributed by atoms with van der Waals surface area (Å²) >= 11 is 0. The van der Waals surface area contributed by atoms with Crippen LogP contribution in [0.1, 0.15) is 53.9 Å². The second-order valence-electron chi connectivity index (χ2n) is 5.15. The minimum absolute atomic E-state index is 0.315. The lowest BCUT2D eigenvalue weighted by Gasteiger charge is -2.46. The van der Waals surface area contributed by atoms with Crippen LogP contribution in [0.15, 0.2) is 0 Å². The van der Waals surface area contributed by atoms with Gasteiger partial charge in [-0.2, -0.15) is 5.26 Å². The van der Waals surface area contributed by atoms with E-state index in [0.717, 1.165) is 19.4 Å². The fraction of sp³-hybridized carbons (Fsp3) is 0.923. The predicted octanol–water partition coefficient (Wildman–Crippen LogP) is 3.57. The van der Waals surface area contributed by atoms with Crippen molar-refractivity contribution in [1.29, 1.82) is 5.26 Å². The van der Waals surface area contributed by atoms with Crippen molar-refractivity contribution in [3.8, 4) is 6.07 Å². The van der Waals surface area contributed by atoms with Gasteiger partial charge in [0.2, 0.25) is 0 Å². The summed E-state index contributed by atoms with van der Waals surface area (Å²) in [4.78, 5) is 10.5. The van der Waals surface area contributed by atoms with Crippen LogP contribution < -0.4 is 0 Å². The summed E-state index contributed by atoms with van der Waals surface area (Å²) in [6.45, 7) is 11.9. The highest BCUT2D eigenvalue weighted by molar-refractivity contribution is 7.39. The van der Waals surface area contributed by atoms with Gasteiger partial charge in [0.05, 0.1) is 37.7 Å². The zero-order valence-electron chi connectivity index (χ0n) is 12.4. The van der Waals surface area contributed by atoms with Gasteiger partial charge in [-0.15, -0.1) is 0 Å². The van der Waals surface area contributed by atoms with Gasteiger partial charge >= 0.3 is 8.53 Å². The maximum Gasteiger partial charge on any atom is 0.416 e. The van der Waals surface area contributed by atoms with Crippen molar-refractivity contribution in [1.82, 2.24) is 0 Å². The van der Waals surface area contributed by atoms with Crippen LogP contribution in [0.2, 0.25) is 0 Å². The topological polar surface area (TPSA) is 53.2 Å². The molecule has 0 saturated carbocycles. The van der Waals surface area contributed by atoms with E-state index in [0.29, 0.717) is 29.4 Å². The van der Waals surface area contributed by atoms with Crippen LogP contribution in [0.5, 0.6) is 0 Å². The average molecular weight is 275 g/mol. The third-order valence-corrected chi connectivity index (χ3v) is 5.57. The third kappa shape index (κ3) is 4.48. The molecule has 0 saturated heterocycles.